The number of aryl methyl sites for hydroxylation is 1. The summed E-state index contributed by atoms with van der Waals surface area (Å²) in [6, 6.07) is 7.83. The molecule has 0 atom stereocenters. The first-order valence-corrected chi connectivity index (χ1v) is 7.36. The van der Waals surface area contributed by atoms with Crippen molar-refractivity contribution in [1.82, 2.24) is 5.32 Å². The molecule has 21 heavy (non-hydrogen) atoms. The van der Waals surface area contributed by atoms with Crippen LogP contribution in [-0.2, 0) is 6.54 Å². The van der Waals surface area contributed by atoms with Gasteiger partial charge in [0, 0.05) is 11.6 Å². The zero-order valence-electron chi connectivity index (χ0n) is 12.1. The Balaban J connectivity index is 2.34. The van der Waals surface area contributed by atoms with Crippen LogP contribution < -0.4 is 5.32 Å². The van der Waals surface area contributed by atoms with Crippen LogP contribution >= 0.6 is 11.6 Å². The molecule has 1 nitrogen and oxygen atoms in total. The predicted octanol–water partition coefficient (Wildman–Crippen LogP) is 5.09. The number of hydrogen-bond acceptors (Lipinski definition) is 1. The maximum atomic E-state index is 14.1. The highest BCUT2D eigenvalue weighted by Gasteiger charge is 2.14. The highest BCUT2D eigenvalue weighted by molar-refractivity contribution is 6.31. The maximum Gasteiger partial charge on any atom is 0.136 e. The van der Waals surface area contributed by atoms with Gasteiger partial charge in [0.05, 0.1) is 5.56 Å². The van der Waals surface area contributed by atoms with Gasteiger partial charge in [-0.1, -0.05) is 36.7 Å². The van der Waals surface area contributed by atoms with E-state index in [0.717, 1.165) is 18.5 Å². The lowest BCUT2D eigenvalue weighted by atomic mass is 10.0. The van der Waals surface area contributed by atoms with Crippen molar-refractivity contribution >= 4 is 11.6 Å². The van der Waals surface area contributed by atoms with Crippen LogP contribution in [0.3, 0.4) is 0 Å². The minimum absolute atomic E-state index is 0.0232. The topological polar surface area (TPSA) is 12.0 Å². The van der Waals surface area contributed by atoms with Gasteiger partial charge >= 0.3 is 0 Å². The summed E-state index contributed by atoms with van der Waals surface area (Å²) in [7, 11) is 0. The molecule has 0 saturated heterocycles. The van der Waals surface area contributed by atoms with Crippen molar-refractivity contribution in [1.29, 1.82) is 0 Å². The number of hydrogen-bond donors (Lipinski definition) is 1. The molecule has 0 aromatic heterocycles. The molecule has 0 aliphatic rings. The molecule has 0 saturated carbocycles. The lowest BCUT2D eigenvalue weighted by molar-refractivity contribution is 0.584. The number of nitrogens with one attached hydrogen (secondary N) is 1. The number of benzene rings is 2. The second kappa shape index (κ2) is 7.01. The summed E-state index contributed by atoms with van der Waals surface area (Å²) in [5.74, 6) is -1.12. The van der Waals surface area contributed by atoms with Crippen molar-refractivity contribution < 1.29 is 8.78 Å². The van der Waals surface area contributed by atoms with Gasteiger partial charge in [-0.15, -0.1) is 0 Å². The van der Waals surface area contributed by atoms with Crippen molar-refractivity contribution in [3.63, 3.8) is 0 Å². The molecule has 0 bridgehead atoms. The standard InChI is InChI=1S/C17H18ClF2N/c1-3-8-21-10-13-6-5-12(9-14(13)18)16-15(19)7-4-11(2)17(16)20/h4-7,9,21H,3,8,10H2,1-2H3. The summed E-state index contributed by atoms with van der Waals surface area (Å²) in [6.07, 6.45) is 1.04. The Bertz CT molecular complexity index is 641. The fourth-order valence-corrected chi connectivity index (χ4v) is 2.41. The fourth-order valence-electron chi connectivity index (χ4n) is 2.17. The molecule has 2 aromatic rings. The summed E-state index contributed by atoms with van der Waals surface area (Å²) < 4.78 is 28.0. The minimum atomic E-state index is -0.578. The number of rotatable bonds is 5. The SMILES string of the molecule is CCCNCc1ccc(-c2c(F)ccc(C)c2F)cc1Cl. The van der Waals surface area contributed by atoms with Gasteiger partial charge in [0.15, 0.2) is 0 Å². The monoisotopic (exact) mass is 309 g/mol. The van der Waals surface area contributed by atoms with Crippen LogP contribution in [-0.4, -0.2) is 6.54 Å². The third-order valence-electron chi connectivity index (χ3n) is 3.37. The summed E-state index contributed by atoms with van der Waals surface area (Å²) >= 11 is 6.22. The maximum absolute atomic E-state index is 14.1. The molecular weight excluding hydrogens is 292 g/mol. The van der Waals surface area contributed by atoms with Gasteiger partial charge in [0.25, 0.3) is 0 Å². The largest absolute Gasteiger partial charge is 0.313 e. The first-order valence-electron chi connectivity index (χ1n) is 6.98. The van der Waals surface area contributed by atoms with Gasteiger partial charge in [0.2, 0.25) is 0 Å². The van der Waals surface area contributed by atoms with Gasteiger partial charge in [-0.2, -0.15) is 0 Å². The van der Waals surface area contributed by atoms with E-state index in [1.54, 1.807) is 19.1 Å². The Morgan fingerprint density at radius 1 is 1.14 bits per heavy atom. The first-order chi connectivity index (χ1) is 10.0. The second-order valence-electron chi connectivity index (χ2n) is 5.04. The Hall–Kier alpha value is -1.45. The van der Waals surface area contributed by atoms with Gasteiger partial charge in [0.1, 0.15) is 11.6 Å². The van der Waals surface area contributed by atoms with Gasteiger partial charge in [-0.3, -0.25) is 0 Å². The van der Waals surface area contributed by atoms with Crippen molar-refractivity contribution in [3.05, 3.63) is 58.1 Å². The van der Waals surface area contributed by atoms with Crippen LogP contribution in [0.4, 0.5) is 8.78 Å². The molecule has 0 aliphatic carbocycles. The molecule has 0 fully saturated rings. The minimum Gasteiger partial charge on any atom is -0.313 e. The van der Waals surface area contributed by atoms with Crippen LogP contribution in [0.2, 0.25) is 5.02 Å². The Morgan fingerprint density at radius 2 is 1.90 bits per heavy atom. The summed E-state index contributed by atoms with van der Waals surface area (Å²) in [5, 5.41) is 3.76. The third-order valence-corrected chi connectivity index (χ3v) is 3.72. The van der Waals surface area contributed by atoms with E-state index >= 15 is 0 Å². The Morgan fingerprint density at radius 3 is 2.57 bits per heavy atom. The molecule has 2 aromatic carbocycles. The van der Waals surface area contributed by atoms with Gasteiger partial charge < -0.3 is 5.32 Å². The van der Waals surface area contributed by atoms with E-state index in [-0.39, 0.29) is 5.56 Å². The third kappa shape index (κ3) is 3.60. The predicted molar refractivity (Wildman–Crippen MR) is 83.5 cm³/mol. The van der Waals surface area contributed by atoms with Crippen LogP contribution in [0.1, 0.15) is 24.5 Å². The molecule has 0 radical (unpaired) electrons. The molecule has 4 heteroatoms. The van der Waals surface area contributed by atoms with Crippen molar-refractivity contribution in [3.8, 4) is 11.1 Å². The summed E-state index contributed by atoms with van der Waals surface area (Å²) in [6.45, 7) is 5.24. The molecule has 2 rings (SSSR count). The van der Waals surface area contributed by atoms with E-state index in [4.69, 9.17) is 11.6 Å². The van der Waals surface area contributed by atoms with Crippen molar-refractivity contribution in [2.45, 2.75) is 26.8 Å². The molecule has 1 N–H and O–H groups in total. The first kappa shape index (κ1) is 15.9. The quantitative estimate of drug-likeness (QED) is 0.758. The van der Waals surface area contributed by atoms with Crippen LogP contribution in [0, 0.1) is 18.6 Å². The van der Waals surface area contributed by atoms with Crippen LogP contribution in [0.25, 0.3) is 11.1 Å². The van der Waals surface area contributed by atoms with E-state index in [9.17, 15) is 8.78 Å². The van der Waals surface area contributed by atoms with Crippen molar-refractivity contribution in [2.24, 2.45) is 0 Å². The zero-order valence-corrected chi connectivity index (χ0v) is 12.9. The highest BCUT2D eigenvalue weighted by atomic mass is 35.5. The molecule has 0 unspecified atom stereocenters. The molecule has 112 valence electrons. The smallest absolute Gasteiger partial charge is 0.136 e. The molecule has 0 heterocycles. The Kier molecular flexibility index (Phi) is 5.32. The second-order valence-corrected chi connectivity index (χ2v) is 5.44. The van der Waals surface area contributed by atoms with E-state index in [0.29, 0.717) is 22.7 Å². The van der Waals surface area contributed by atoms with Gasteiger partial charge in [-0.05, 0) is 48.7 Å². The molecule has 0 amide bonds. The summed E-state index contributed by atoms with van der Waals surface area (Å²) in [5.41, 5.74) is 1.77. The lowest BCUT2D eigenvalue weighted by Crippen LogP contribution is -2.14. The molecule has 0 spiro atoms. The van der Waals surface area contributed by atoms with E-state index < -0.39 is 11.6 Å². The van der Waals surface area contributed by atoms with E-state index in [1.165, 1.54) is 12.1 Å². The normalized spacial score (nSPS) is 10.9. The van der Waals surface area contributed by atoms with Gasteiger partial charge in [-0.25, -0.2) is 8.78 Å². The number of halogens is 3. The average Bonchev–Trinajstić information content (AvgIpc) is 2.46. The molecular formula is C17H18ClF2N. The van der Waals surface area contributed by atoms with Crippen LogP contribution in [0.5, 0.6) is 0 Å². The average molecular weight is 310 g/mol. The van der Waals surface area contributed by atoms with Crippen molar-refractivity contribution in [2.75, 3.05) is 6.54 Å². The van der Waals surface area contributed by atoms with E-state index in [1.807, 2.05) is 6.07 Å². The van der Waals surface area contributed by atoms with E-state index in [2.05, 4.69) is 12.2 Å². The Labute approximate surface area is 128 Å². The molecule has 0 aliphatic heterocycles. The highest BCUT2D eigenvalue weighted by Crippen LogP contribution is 2.31. The van der Waals surface area contributed by atoms with Crippen LogP contribution in [0.15, 0.2) is 30.3 Å². The lowest BCUT2D eigenvalue weighted by Gasteiger charge is -2.11. The summed E-state index contributed by atoms with van der Waals surface area (Å²) in [4.78, 5) is 0. The fraction of sp³-hybridized carbons (Fsp3) is 0.294. The zero-order chi connectivity index (χ0) is 15.4.